The van der Waals surface area contributed by atoms with Gasteiger partial charge in [0.05, 0.1) is 21.7 Å². The van der Waals surface area contributed by atoms with E-state index in [4.69, 9.17) is 5.11 Å². The summed E-state index contributed by atoms with van der Waals surface area (Å²) in [4.78, 5) is 10.9. The molecule has 0 amide bonds. The largest absolute Gasteiger partial charge is 0.478 e. The van der Waals surface area contributed by atoms with Gasteiger partial charge in [0.2, 0.25) is 0 Å². The molecule has 0 heterocycles. The van der Waals surface area contributed by atoms with Crippen molar-refractivity contribution >= 4 is 44.3 Å². The number of benzene rings is 2. The monoisotopic (exact) mass is 471 g/mol. The number of anilines is 1. The normalized spacial score (nSPS) is 12.0. The Bertz CT molecular complexity index is 880. The summed E-state index contributed by atoms with van der Waals surface area (Å²) in [7, 11) is -4.23. The van der Waals surface area contributed by atoms with Crippen LogP contribution in [0.25, 0.3) is 0 Å². The van der Waals surface area contributed by atoms with Gasteiger partial charge in [-0.05, 0) is 65.1 Å². The summed E-state index contributed by atoms with van der Waals surface area (Å²) in [5, 5.41) is 9.05. The number of carbonyl (C=O) groups is 1. The molecule has 0 aliphatic heterocycles. The van der Waals surface area contributed by atoms with Gasteiger partial charge >= 0.3 is 12.1 Å². The fourth-order valence-corrected chi connectivity index (χ4v) is 3.24. The molecule has 0 unspecified atom stereocenters. The van der Waals surface area contributed by atoms with Gasteiger partial charge in [-0.3, -0.25) is 4.72 Å². The zero-order valence-corrected chi connectivity index (χ0v) is 14.6. The van der Waals surface area contributed by atoms with Crippen molar-refractivity contribution in [2.45, 2.75) is 11.1 Å². The van der Waals surface area contributed by atoms with Crippen LogP contribution in [-0.4, -0.2) is 19.5 Å². The molecule has 128 valence electrons. The van der Waals surface area contributed by atoms with Gasteiger partial charge in [0.25, 0.3) is 10.0 Å². The average molecular weight is 471 g/mol. The second-order valence-electron chi connectivity index (χ2n) is 4.62. The highest BCUT2D eigenvalue weighted by Crippen LogP contribution is 2.33. The van der Waals surface area contributed by atoms with Gasteiger partial charge in [-0.1, -0.05) is 0 Å². The maximum atomic E-state index is 12.8. The number of halogens is 4. The van der Waals surface area contributed by atoms with E-state index in [2.05, 4.69) is 0 Å². The van der Waals surface area contributed by atoms with Crippen LogP contribution in [-0.2, 0) is 16.2 Å². The molecule has 0 bridgehead atoms. The molecule has 0 radical (unpaired) electrons. The van der Waals surface area contributed by atoms with Crippen molar-refractivity contribution in [3.8, 4) is 0 Å². The van der Waals surface area contributed by atoms with Crippen LogP contribution in [0.5, 0.6) is 0 Å². The predicted molar refractivity (Wildman–Crippen MR) is 88.4 cm³/mol. The van der Waals surface area contributed by atoms with Crippen molar-refractivity contribution in [1.82, 2.24) is 0 Å². The molecule has 0 saturated carbocycles. The van der Waals surface area contributed by atoms with E-state index in [1.807, 2.05) is 27.3 Å². The van der Waals surface area contributed by atoms with E-state index in [0.29, 0.717) is 18.2 Å². The number of alkyl halides is 3. The van der Waals surface area contributed by atoms with E-state index >= 15 is 0 Å². The molecule has 24 heavy (non-hydrogen) atoms. The molecule has 2 aromatic carbocycles. The minimum absolute atomic E-state index is 0.198. The van der Waals surface area contributed by atoms with Gasteiger partial charge < -0.3 is 5.11 Å². The Morgan fingerprint density at radius 2 is 1.67 bits per heavy atom. The summed E-state index contributed by atoms with van der Waals surface area (Å²) in [6, 6.07) is 7.26. The van der Waals surface area contributed by atoms with Gasteiger partial charge in [-0.25, -0.2) is 13.2 Å². The van der Waals surface area contributed by atoms with E-state index in [9.17, 15) is 26.4 Å². The van der Waals surface area contributed by atoms with Crippen LogP contribution in [0.3, 0.4) is 0 Å². The van der Waals surface area contributed by atoms with E-state index in [0.717, 1.165) is 3.57 Å². The van der Waals surface area contributed by atoms with Crippen molar-refractivity contribution in [3.63, 3.8) is 0 Å². The Labute approximate surface area is 148 Å². The quantitative estimate of drug-likeness (QED) is 0.665. The van der Waals surface area contributed by atoms with E-state index in [1.165, 1.54) is 24.3 Å². The molecule has 5 nitrogen and oxygen atoms in total. The Balaban J connectivity index is 2.50. The van der Waals surface area contributed by atoms with Gasteiger partial charge in [0.1, 0.15) is 0 Å². The lowest BCUT2D eigenvalue weighted by Crippen LogP contribution is -2.17. The molecular formula is C14H9F3INO4S. The smallest absolute Gasteiger partial charge is 0.416 e. The zero-order chi connectivity index (χ0) is 18.1. The number of hydrogen-bond donors (Lipinski definition) is 2. The van der Waals surface area contributed by atoms with Crippen molar-refractivity contribution in [1.29, 1.82) is 0 Å². The third kappa shape index (κ3) is 4.17. The molecule has 0 spiro atoms. The topological polar surface area (TPSA) is 83.5 Å². The molecule has 0 aliphatic carbocycles. The highest BCUT2D eigenvalue weighted by Gasteiger charge is 2.32. The third-order valence-corrected chi connectivity index (χ3v) is 5.05. The molecule has 2 aromatic rings. The van der Waals surface area contributed by atoms with Crippen LogP contribution in [0.2, 0.25) is 0 Å². The van der Waals surface area contributed by atoms with Gasteiger partial charge in [0.15, 0.2) is 0 Å². The zero-order valence-electron chi connectivity index (χ0n) is 11.6. The number of rotatable bonds is 4. The SMILES string of the molecule is O=C(O)c1ccc(C(F)(F)F)cc1NS(=O)(=O)c1ccc(I)cc1. The molecule has 0 atom stereocenters. The Morgan fingerprint density at radius 3 is 2.17 bits per heavy atom. The second kappa shape index (κ2) is 6.59. The minimum atomic E-state index is -4.74. The van der Waals surface area contributed by atoms with Crippen LogP contribution in [0.4, 0.5) is 18.9 Å². The minimum Gasteiger partial charge on any atom is -0.478 e. The van der Waals surface area contributed by atoms with Crippen molar-refractivity contribution in [2.24, 2.45) is 0 Å². The molecular weight excluding hydrogens is 462 g/mol. The van der Waals surface area contributed by atoms with Crippen molar-refractivity contribution in [2.75, 3.05) is 4.72 Å². The molecule has 0 aromatic heterocycles. The summed E-state index contributed by atoms with van der Waals surface area (Å²) in [6.45, 7) is 0. The fraction of sp³-hybridized carbons (Fsp3) is 0.0714. The average Bonchev–Trinajstić information content (AvgIpc) is 2.46. The van der Waals surface area contributed by atoms with Crippen LogP contribution in [0.15, 0.2) is 47.4 Å². The van der Waals surface area contributed by atoms with Gasteiger partial charge in [-0.2, -0.15) is 13.2 Å². The maximum Gasteiger partial charge on any atom is 0.416 e. The second-order valence-corrected chi connectivity index (χ2v) is 7.55. The Morgan fingerprint density at radius 1 is 1.08 bits per heavy atom. The lowest BCUT2D eigenvalue weighted by Gasteiger charge is -2.14. The first kappa shape index (κ1) is 18.5. The number of aromatic carboxylic acids is 1. The van der Waals surface area contributed by atoms with Crippen molar-refractivity contribution < 1.29 is 31.5 Å². The number of carboxylic acid groups (broad SMARTS) is 1. The number of sulfonamides is 1. The molecule has 2 rings (SSSR count). The molecule has 10 heteroatoms. The predicted octanol–water partition coefficient (Wildman–Crippen LogP) is 3.81. The molecule has 0 aliphatic rings. The number of nitrogens with one attached hydrogen (secondary N) is 1. The van der Waals surface area contributed by atoms with E-state index in [-0.39, 0.29) is 4.90 Å². The highest BCUT2D eigenvalue weighted by molar-refractivity contribution is 14.1. The lowest BCUT2D eigenvalue weighted by molar-refractivity contribution is -0.137. The summed E-state index contributed by atoms with van der Waals surface area (Å²) in [6.07, 6.45) is -4.74. The van der Waals surface area contributed by atoms with Crippen LogP contribution < -0.4 is 4.72 Å². The van der Waals surface area contributed by atoms with Gasteiger partial charge in [-0.15, -0.1) is 0 Å². The Kier molecular flexibility index (Phi) is 5.08. The first-order valence-electron chi connectivity index (χ1n) is 6.23. The molecule has 2 N–H and O–H groups in total. The lowest BCUT2D eigenvalue weighted by atomic mass is 10.1. The van der Waals surface area contributed by atoms with E-state index in [1.54, 1.807) is 0 Å². The number of hydrogen-bond acceptors (Lipinski definition) is 3. The number of carboxylic acids is 1. The summed E-state index contributed by atoms with van der Waals surface area (Å²) in [5.74, 6) is -1.55. The fourth-order valence-electron chi connectivity index (χ4n) is 1.81. The standard InChI is InChI=1S/C14H9F3INO4S/c15-14(16,17)8-1-6-11(13(20)21)12(7-8)19-24(22,23)10-4-2-9(18)3-5-10/h1-7,19H,(H,20,21). The first-order valence-corrected chi connectivity index (χ1v) is 8.80. The highest BCUT2D eigenvalue weighted by atomic mass is 127. The Hall–Kier alpha value is -1.82. The van der Waals surface area contributed by atoms with Crippen LogP contribution >= 0.6 is 22.6 Å². The third-order valence-electron chi connectivity index (χ3n) is 2.95. The van der Waals surface area contributed by atoms with Crippen molar-refractivity contribution in [3.05, 3.63) is 57.2 Å². The summed E-state index contributed by atoms with van der Waals surface area (Å²) >= 11 is 1.96. The summed E-state index contributed by atoms with van der Waals surface area (Å²) in [5.41, 5.74) is -2.40. The van der Waals surface area contributed by atoms with E-state index < -0.39 is 39.0 Å². The van der Waals surface area contributed by atoms with Crippen LogP contribution in [0.1, 0.15) is 15.9 Å². The van der Waals surface area contributed by atoms with Gasteiger partial charge in [0, 0.05) is 3.57 Å². The van der Waals surface area contributed by atoms with Crippen LogP contribution in [0, 0.1) is 3.57 Å². The molecule has 0 fully saturated rings. The summed E-state index contributed by atoms with van der Waals surface area (Å²) < 4.78 is 65.5. The molecule has 0 saturated heterocycles. The maximum absolute atomic E-state index is 12.8. The first-order chi connectivity index (χ1) is 11.0.